The lowest BCUT2D eigenvalue weighted by atomic mass is 9.67. The number of benzene rings is 1. The standard InChI is InChI=1S/C21H27N3O2/c1-20(2)15-21(11-13-26-20,17-6-4-3-5-7-17)10-12-23-19(25)16-8-9-18(22)24-14-16/h3-9,14H,10-13,15H2,1-2H3,(H2,22,24)(H,23,25)/t21-/m0/s1. The zero-order valence-corrected chi connectivity index (χ0v) is 15.5. The van der Waals surface area contributed by atoms with Crippen molar-refractivity contribution < 1.29 is 9.53 Å². The van der Waals surface area contributed by atoms with Crippen LogP contribution in [0.2, 0.25) is 0 Å². The number of nitrogens with zero attached hydrogens (tertiary/aromatic N) is 1. The van der Waals surface area contributed by atoms with Crippen LogP contribution in [0.25, 0.3) is 0 Å². The van der Waals surface area contributed by atoms with Crippen molar-refractivity contribution in [2.75, 3.05) is 18.9 Å². The maximum absolute atomic E-state index is 12.3. The minimum atomic E-state index is -0.168. The van der Waals surface area contributed by atoms with Crippen molar-refractivity contribution in [3.05, 3.63) is 59.8 Å². The number of nitrogens with two attached hydrogens (primary N) is 1. The molecule has 5 heteroatoms. The molecule has 1 aromatic heterocycles. The molecule has 1 saturated heterocycles. The smallest absolute Gasteiger partial charge is 0.252 e. The third kappa shape index (κ3) is 4.22. The second-order valence-electron chi connectivity index (χ2n) is 7.66. The summed E-state index contributed by atoms with van der Waals surface area (Å²) in [7, 11) is 0. The Bertz CT molecular complexity index is 744. The van der Waals surface area contributed by atoms with E-state index in [1.807, 2.05) is 6.07 Å². The molecule has 0 radical (unpaired) electrons. The Balaban J connectivity index is 1.71. The summed E-state index contributed by atoms with van der Waals surface area (Å²) in [6.07, 6.45) is 4.27. The van der Waals surface area contributed by atoms with Crippen LogP contribution < -0.4 is 11.1 Å². The van der Waals surface area contributed by atoms with Gasteiger partial charge in [0.05, 0.1) is 11.2 Å². The Morgan fingerprint density at radius 2 is 2.00 bits per heavy atom. The molecule has 2 aromatic rings. The van der Waals surface area contributed by atoms with Crippen LogP contribution in [-0.4, -0.2) is 29.6 Å². The molecule has 1 aliphatic rings. The van der Waals surface area contributed by atoms with Crippen molar-refractivity contribution in [3.8, 4) is 0 Å². The molecule has 1 fully saturated rings. The van der Waals surface area contributed by atoms with Crippen LogP contribution in [0.3, 0.4) is 0 Å². The molecule has 2 heterocycles. The number of aromatic nitrogens is 1. The number of nitrogens with one attached hydrogen (secondary N) is 1. The Morgan fingerprint density at radius 3 is 2.65 bits per heavy atom. The fourth-order valence-electron chi connectivity index (χ4n) is 3.93. The first-order valence-corrected chi connectivity index (χ1v) is 9.10. The van der Waals surface area contributed by atoms with Crippen LogP contribution in [0.15, 0.2) is 48.7 Å². The number of ether oxygens (including phenoxy) is 1. The lowest BCUT2D eigenvalue weighted by molar-refractivity contribution is -0.0838. The number of nitrogen functional groups attached to an aromatic ring is 1. The summed E-state index contributed by atoms with van der Waals surface area (Å²) in [5, 5.41) is 3.03. The van der Waals surface area contributed by atoms with Gasteiger partial charge in [-0.3, -0.25) is 4.79 Å². The van der Waals surface area contributed by atoms with E-state index >= 15 is 0 Å². The van der Waals surface area contributed by atoms with E-state index in [-0.39, 0.29) is 16.9 Å². The average Bonchev–Trinajstić information content (AvgIpc) is 2.62. The van der Waals surface area contributed by atoms with Crippen LogP contribution in [-0.2, 0) is 10.2 Å². The second-order valence-corrected chi connectivity index (χ2v) is 7.66. The zero-order chi connectivity index (χ0) is 18.6. The fraction of sp³-hybridized carbons (Fsp3) is 0.429. The van der Waals surface area contributed by atoms with Gasteiger partial charge in [-0.15, -0.1) is 0 Å². The minimum absolute atomic E-state index is 0.00958. The highest BCUT2D eigenvalue weighted by molar-refractivity contribution is 5.93. The topological polar surface area (TPSA) is 77.2 Å². The molecule has 138 valence electrons. The van der Waals surface area contributed by atoms with Crippen molar-refractivity contribution in [1.82, 2.24) is 10.3 Å². The highest BCUT2D eigenvalue weighted by Gasteiger charge is 2.41. The highest BCUT2D eigenvalue weighted by Crippen LogP contribution is 2.43. The number of anilines is 1. The molecule has 5 nitrogen and oxygen atoms in total. The average molecular weight is 353 g/mol. The van der Waals surface area contributed by atoms with E-state index in [9.17, 15) is 4.79 Å². The molecule has 1 aromatic carbocycles. The first-order valence-electron chi connectivity index (χ1n) is 9.10. The van der Waals surface area contributed by atoms with Crippen LogP contribution in [0.4, 0.5) is 5.82 Å². The zero-order valence-electron chi connectivity index (χ0n) is 15.5. The molecule has 0 aliphatic carbocycles. The van der Waals surface area contributed by atoms with Gasteiger partial charge in [0, 0.05) is 24.8 Å². The van der Waals surface area contributed by atoms with E-state index in [0.717, 1.165) is 25.9 Å². The van der Waals surface area contributed by atoms with Gasteiger partial charge < -0.3 is 15.8 Å². The van der Waals surface area contributed by atoms with E-state index in [0.29, 0.717) is 17.9 Å². The number of carbonyl (C=O) groups is 1. The maximum Gasteiger partial charge on any atom is 0.252 e. The van der Waals surface area contributed by atoms with Gasteiger partial charge in [0.15, 0.2) is 0 Å². The van der Waals surface area contributed by atoms with E-state index in [1.165, 1.54) is 11.8 Å². The summed E-state index contributed by atoms with van der Waals surface area (Å²) in [6.45, 7) is 5.62. The Hall–Kier alpha value is -2.40. The monoisotopic (exact) mass is 353 g/mol. The molecule has 1 atom stereocenters. The Kier molecular flexibility index (Phi) is 5.28. The van der Waals surface area contributed by atoms with Crippen LogP contribution in [0.5, 0.6) is 0 Å². The van der Waals surface area contributed by atoms with Crippen molar-refractivity contribution >= 4 is 11.7 Å². The van der Waals surface area contributed by atoms with Gasteiger partial charge in [-0.25, -0.2) is 4.98 Å². The number of pyridine rings is 1. The molecule has 0 unspecified atom stereocenters. The molecule has 1 amide bonds. The van der Waals surface area contributed by atoms with Crippen LogP contribution in [0.1, 0.15) is 49.0 Å². The lowest BCUT2D eigenvalue weighted by Crippen LogP contribution is -2.45. The quantitative estimate of drug-likeness (QED) is 0.864. The normalized spacial score (nSPS) is 21.9. The molecule has 3 rings (SSSR count). The number of hydrogen-bond acceptors (Lipinski definition) is 4. The highest BCUT2D eigenvalue weighted by atomic mass is 16.5. The van der Waals surface area contributed by atoms with E-state index < -0.39 is 0 Å². The summed E-state index contributed by atoms with van der Waals surface area (Å²) in [5.74, 6) is 0.293. The molecule has 3 N–H and O–H groups in total. The number of rotatable bonds is 5. The molecular formula is C21H27N3O2. The number of amides is 1. The molecule has 0 spiro atoms. The first kappa shape index (κ1) is 18.4. The van der Waals surface area contributed by atoms with Crippen molar-refractivity contribution in [2.45, 2.75) is 44.1 Å². The van der Waals surface area contributed by atoms with Gasteiger partial charge in [-0.05, 0) is 50.8 Å². The van der Waals surface area contributed by atoms with E-state index in [4.69, 9.17) is 10.5 Å². The molecule has 1 aliphatic heterocycles. The number of hydrogen-bond donors (Lipinski definition) is 2. The summed E-state index contributed by atoms with van der Waals surface area (Å²) >= 11 is 0. The van der Waals surface area contributed by atoms with Crippen molar-refractivity contribution in [3.63, 3.8) is 0 Å². The first-order chi connectivity index (χ1) is 12.4. The largest absolute Gasteiger partial charge is 0.384 e. The van der Waals surface area contributed by atoms with Crippen molar-refractivity contribution in [1.29, 1.82) is 0 Å². The predicted octanol–water partition coefficient (Wildman–Crippen LogP) is 3.31. The third-order valence-electron chi connectivity index (χ3n) is 5.16. The fourth-order valence-corrected chi connectivity index (χ4v) is 3.93. The van der Waals surface area contributed by atoms with Gasteiger partial charge >= 0.3 is 0 Å². The van der Waals surface area contributed by atoms with Gasteiger partial charge in [0.2, 0.25) is 0 Å². The Labute approximate surface area is 155 Å². The maximum atomic E-state index is 12.3. The SMILES string of the molecule is CC1(C)C[C@@](CCNC(=O)c2ccc(N)nc2)(c2ccccc2)CCO1. The second kappa shape index (κ2) is 7.46. The van der Waals surface area contributed by atoms with Gasteiger partial charge in [-0.1, -0.05) is 30.3 Å². The van der Waals surface area contributed by atoms with Crippen molar-refractivity contribution in [2.24, 2.45) is 0 Å². The van der Waals surface area contributed by atoms with Gasteiger partial charge in [-0.2, -0.15) is 0 Å². The molecule has 0 bridgehead atoms. The van der Waals surface area contributed by atoms with Crippen LogP contribution >= 0.6 is 0 Å². The summed E-state index contributed by atoms with van der Waals surface area (Å²) < 4.78 is 5.94. The molecular weight excluding hydrogens is 326 g/mol. The van der Waals surface area contributed by atoms with Crippen LogP contribution in [0, 0.1) is 0 Å². The molecule has 26 heavy (non-hydrogen) atoms. The Morgan fingerprint density at radius 1 is 1.23 bits per heavy atom. The summed E-state index contributed by atoms with van der Waals surface area (Å²) in [4.78, 5) is 16.3. The predicted molar refractivity (Wildman–Crippen MR) is 103 cm³/mol. The van der Waals surface area contributed by atoms with Gasteiger partial charge in [0.1, 0.15) is 5.82 Å². The van der Waals surface area contributed by atoms with E-state index in [1.54, 1.807) is 12.1 Å². The van der Waals surface area contributed by atoms with E-state index in [2.05, 4.69) is 48.4 Å². The van der Waals surface area contributed by atoms with Gasteiger partial charge in [0.25, 0.3) is 5.91 Å². The lowest BCUT2D eigenvalue weighted by Gasteiger charge is -2.45. The number of carbonyl (C=O) groups excluding carboxylic acids is 1. The third-order valence-corrected chi connectivity index (χ3v) is 5.16. The minimum Gasteiger partial charge on any atom is -0.384 e. The summed E-state index contributed by atoms with van der Waals surface area (Å²) in [6, 6.07) is 13.9. The summed E-state index contributed by atoms with van der Waals surface area (Å²) in [5.41, 5.74) is 7.27. The molecule has 0 saturated carbocycles.